The Balaban J connectivity index is 2.04. The first-order chi connectivity index (χ1) is 8.09. The summed E-state index contributed by atoms with van der Waals surface area (Å²) >= 11 is 7.11. The largest absolute Gasteiger partial charge is 0.481 e. The van der Waals surface area contributed by atoms with Crippen LogP contribution in [0, 0.1) is 5.92 Å². The first-order valence-electron chi connectivity index (χ1n) is 5.36. The van der Waals surface area contributed by atoms with Crippen molar-refractivity contribution in [1.82, 2.24) is 5.32 Å². The van der Waals surface area contributed by atoms with Crippen LogP contribution < -0.4 is 5.32 Å². The maximum absolute atomic E-state index is 11.9. The average Bonchev–Trinajstić information content (AvgIpc) is 2.86. The lowest BCUT2D eigenvalue weighted by Gasteiger charge is -2.17. The van der Waals surface area contributed by atoms with Crippen LogP contribution in [0.15, 0.2) is 11.4 Å². The third-order valence-corrected chi connectivity index (χ3v) is 4.31. The van der Waals surface area contributed by atoms with E-state index in [2.05, 4.69) is 5.32 Å². The molecule has 0 aliphatic heterocycles. The van der Waals surface area contributed by atoms with E-state index < -0.39 is 11.9 Å². The first-order valence-corrected chi connectivity index (χ1v) is 6.62. The number of aliphatic carboxylic acids is 1. The van der Waals surface area contributed by atoms with Crippen LogP contribution in [0.3, 0.4) is 0 Å². The lowest BCUT2D eigenvalue weighted by Crippen LogP contribution is -2.39. The zero-order valence-electron chi connectivity index (χ0n) is 8.98. The van der Waals surface area contributed by atoms with Crippen LogP contribution in [-0.2, 0) is 4.79 Å². The molecule has 4 nitrogen and oxygen atoms in total. The predicted octanol–water partition coefficient (Wildman–Crippen LogP) is 2.38. The number of thiophene rings is 1. The van der Waals surface area contributed by atoms with Gasteiger partial charge in [0.25, 0.3) is 5.91 Å². The summed E-state index contributed by atoms with van der Waals surface area (Å²) in [7, 11) is 0. The SMILES string of the molecule is O=C(NC1CCCC1C(=O)O)c1sccc1Cl. The monoisotopic (exact) mass is 273 g/mol. The second-order valence-corrected chi connectivity index (χ2v) is 5.38. The molecule has 1 saturated carbocycles. The Morgan fingerprint density at radius 2 is 2.24 bits per heavy atom. The molecule has 2 unspecified atom stereocenters. The van der Waals surface area contributed by atoms with Crippen molar-refractivity contribution in [2.24, 2.45) is 5.92 Å². The van der Waals surface area contributed by atoms with E-state index in [4.69, 9.17) is 16.7 Å². The van der Waals surface area contributed by atoms with Crippen molar-refractivity contribution in [1.29, 1.82) is 0 Å². The highest BCUT2D eigenvalue weighted by Crippen LogP contribution is 2.27. The fraction of sp³-hybridized carbons (Fsp3) is 0.455. The smallest absolute Gasteiger partial charge is 0.308 e. The number of amides is 1. The van der Waals surface area contributed by atoms with Gasteiger partial charge < -0.3 is 10.4 Å². The Hall–Kier alpha value is -1.07. The number of hydrogen-bond acceptors (Lipinski definition) is 3. The Kier molecular flexibility index (Phi) is 3.69. The molecule has 1 aromatic rings. The topological polar surface area (TPSA) is 66.4 Å². The molecule has 1 amide bonds. The van der Waals surface area contributed by atoms with Crippen molar-refractivity contribution >= 4 is 34.8 Å². The average molecular weight is 274 g/mol. The molecular weight excluding hydrogens is 262 g/mol. The lowest BCUT2D eigenvalue weighted by molar-refractivity contribution is -0.142. The number of hydrogen-bond donors (Lipinski definition) is 2. The number of carbonyl (C=O) groups is 2. The Morgan fingerprint density at radius 3 is 2.82 bits per heavy atom. The minimum Gasteiger partial charge on any atom is -0.481 e. The molecule has 17 heavy (non-hydrogen) atoms. The van der Waals surface area contributed by atoms with Gasteiger partial charge in [-0.05, 0) is 24.3 Å². The van der Waals surface area contributed by atoms with Crippen molar-refractivity contribution in [2.45, 2.75) is 25.3 Å². The van der Waals surface area contributed by atoms with Gasteiger partial charge in [-0.3, -0.25) is 9.59 Å². The van der Waals surface area contributed by atoms with Crippen LogP contribution in [0.1, 0.15) is 28.9 Å². The van der Waals surface area contributed by atoms with Gasteiger partial charge in [-0.15, -0.1) is 11.3 Å². The zero-order chi connectivity index (χ0) is 12.4. The van der Waals surface area contributed by atoms with Crippen molar-refractivity contribution < 1.29 is 14.7 Å². The van der Waals surface area contributed by atoms with Crippen molar-refractivity contribution in [3.05, 3.63) is 21.3 Å². The highest BCUT2D eigenvalue weighted by atomic mass is 35.5. The van der Waals surface area contributed by atoms with Gasteiger partial charge in [0.1, 0.15) is 4.88 Å². The minimum absolute atomic E-state index is 0.275. The van der Waals surface area contributed by atoms with Gasteiger partial charge in [-0.1, -0.05) is 18.0 Å². The third-order valence-electron chi connectivity index (χ3n) is 2.97. The van der Waals surface area contributed by atoms with Gasteiger partial charge >= 0.3 is 5.97 Å². The van der Waals surface area contributed by atoms with Crippen LogP contribution >= 0.6 is 22.9 Å². The van der Waals surface area contributed by atoms with Crippen LogP contribution in [0.25, 0.3) is 0 Å². The van der Waals surface area contributed by atoms with Crippen molar-refractivity contribution in [3.8, 4) is 0 Å². The van der Waals surface area contributed by atoms with Crippen LogP contribution in [0.2, 0.25) is 5.02 Å². The van der Waals surface area contributed by atoms with E-state index >= 15 is 0 Å². The quantitative estimate of drug-likeness (QED) is 0.889. The molecule has 0 aromatic carbocycles. The summed E-state index contributed by atoms with van der Waals surface area (Å²) in [5.74, 6) is -1.59. The molecule has 0 saturated heterocycles. The van der Waals surface area contributed by atoms with E-state index in [9.17, 15) is 9.59 Å². The normalized spacial score (nSPS) is 23.6. The Bertz CT molecular complexity index is 446. The number of carbonyl (C=O) groups excluding carboxylic acids is 1. The summed E-state index contributed by atoms with van der Waals surface area (Å²) in [5, 5.41) is 13.9. The maximum atomic E-state index is 11.9. The number of halogens is 1. The molecule has 1 heterocycles. The van der Waals surface area contributed by atoms with Gasteiger partial charge in [0.2, 0.25) is 0 Å². The molecule has 1 aliphatic rings. The van der Waals surface area contributed by atoms with E-state index in [1.54, 1.807) is 11.4 Å². The van der Waals surface area contributed by atoms with Crippen molar-refractivity contribution in [2.75, 3.05) is 0 Å². The van der Waals surface area contributed by atoms with Crippen LogP contribution in [-0.4, -0.2) is 23.0 Å². The highest BCUT2D eigenvalue weighted by molar-refractivity contribution is 7.12. The van der Waals surface area contributed by atoms with Crippen LogP contribution in [0.5, 0.6) is 0 Å². The molecule has 1 fully saturated rings. The van der Waals surface area contributed by atoms with Gasteiger partial charge in [0, 0.05) is 6.04 Å². The van der Waals surface area contributed by atoms with Gasteiger partial charge in [-0.25, -0.2) is 0 Å². The number of rotatable bonds is 3. The number of carboxylic acid groups (broad SMARTS) is 1. The van der Waals surface area contributed by atoms with Crippen LogP contribution in [0.4, 0.5) is 0 Å². The summed E-state index contributed by atoms with van der Waals surface area (Å²) in [6, 6.07) is 1.38. The second-order valence-electron chi connectivity index (χ2n) is 4.05. The van der Waals surface area contributed by atoms with Gasteiger partial charge in [-0.2, -0.15) is 0 Å². The van der Waals surface area contributed by atoms with Crippen molar-refractivity contribution in [3.63, 3.8) is 0 Å². The Morgan fingerprint density at radius 1 is 1.47 bits per heavy atom. The summed E-state index contributed by atoms with van der Waals surface area (Å²) in [6.07, 6.45) is 2.17. The number of nitrogens with one attached hydrogen (secondary N) is 1. The molecule has 2 N–H and O–H groups in total. The van der Waals surface area contributed by atoms with E-state index in [0.717, 1.165) is 6.42 Å². The number of carboxylic acids is 1. The zero-order valence-corrected chi connectivity index (χ0v) is 10.6. The van der Waals surface area contributed by atoms with Gasteiger partial charge in [0.15, 0.2) is 0 Å². The molecule has 1 aromatic heterocycles. The third kappa shape index (κ3) is 2.61. The maximum Gasteiger partial charge on any atom is 0.308 e. The molecule has 2 atom stereocenters. The minimum atomic E-state index is -0.843. The molecule has 0 radical (unpaired) electrons. The lowest BCUT2D eigenvalue weighted by atomic mass is 10.0. The molecule has 6 heteroatoms. The molecule has 1 aliphatic carbocycles. The van der Waals surface area contributed by atoms with Gasteiger partial charge in [0.05, 0.1) is 10.9 Å². The van der Waals surface area contributed by atoms with E-state index in [0.29, 0.717) is 22.7 Å². The Labute approximate surface area is 108 Å². The standard InChI is InChI=1S/C11H12ClNO3S/c12-7-4-5-17-9(7)10(14)13-8-3-1-2-6(8)11(15)16/h4-6,8H,1-3H2,(H,13,14)(H,15,16). The predicted molar refractivity (Wildman–Crippen MR) is 65.6 cm³/mol. The fourth-order valence-electron chi connectivity index (χ4n) is 2.12. The molecule has 2 rings (SSSR count). The summed E-state index contributed by atoms with van der Waals surface area (Å²) in [4.78, 5) is 23.3. The summed E-state index contributed by atoms with van der Waals surface area (Å²) < 4.78 is 0. The molecular formula is C11H12ClNO3S. The fourth-order valence-corrected chi connectivity index (χ4v) is 3.16. The van der Waals surface area contributed by atoms with E-state index in [-0.39, 0.29) is 11.9 Å². The second kappa shape index (κ2) is 5.06. The van der Waals surface area contributed by atoms with E-state index in [1.165, 1.54) is 11.3 Å². The van der Waals surface area contributed by atoms with E-state index in [1.807, 2.05) is 0 Å². The molecule has 0 spiro atoms. The first kappa shape index (κ1) is 12.4. The molecule has 0 bridgehead atoms. The highest BCUT2D eigenvalue weighted by Gasteiger charge is 2.34. The summed E-state index contributed by atoms with van der Waals surface area (Å²) in [5.41, 5.74) is 0. The summed E-state index contributed by atoms with van der Waals surface area (Å²) in [6.45, 7) is 0. The molecule has 92 valence electrons.